The number of hydrogen-bond donors (Lipinski definition) is 1. The van der Waals surface area contributed by atoms with E-state index in [0.29, 0.717) is 48.3 Å². The van der Waals surface area contributed by atoms with E-state index in [-0.39, 0.29) is 24.7 Å². The molecule has 3 atom stereocenters. The lowest BCUT2D eigenvalue weighted by Gasteiger charge is -2.37. The van der Waals surface area contributed by atoms with Crippen molar-refractivity contribution in [3.8, 4) is 11.4 Å². The van der Waals surface area contributed by atoms with E-state index in [0.717, 1.165) is 5.56 Å². The lowest BCUT2D eigenvalue weighted by molar-refractivity contribution is -0.145. The maximum atomic E-state index is 13.3. The molecule has 11 nitrogen and oxygen atoms in total. The van der Waals surface area contributed by atoms with Crippen LogP contribution in [0.4, 0.5) is 5.82 Å². The number of imidazole rings is 1. The summed E-state index contributed by atoms with van der Waals surface area (Å²) >= 11 is 0. The lowest BCUT2D eigenvalue weighted by atomic mass is 10.2. The number of hydrogen-bond acceptors (Lipinski definition) is 9. The van der Waals surface area contributed by atoms with Gasteiger partial charge in [0.05, 0.1) is 24.4 Å². The van der Waals surface area contributed by atoms with Crippen LogP contribution in [0.1, 0.15) is 26.6 Å². The number of carbonyl (C=O) groups excluding carboxylic acids is 1. The smallest absolute Gasteiger partial charge is 0.247 e. The van der Waals surface area contributed by atoms with E-state index in [1.165, 1.54) is 6.33 Å². The summed E-state index contributed by atoms with van der Waals surface area (Å²) in [6, 6.07) is -0.622. The normalized spacial score (nSPS) is 19.6. The molecule has 3 aromatic heterocycles. The highest BCUT2D eigenvalue weighted by atomic mass is 16.5. The SMILES string of the molecule is CCn1c(-c2cnc(C)nc2)nc2c(N[C@H](COC)C(=O)N3CC(C)OC(C)C3)ncnc21. The van der Waals surface area contributed by atoms with Gasteiger partial charge < -0.3 is 24.3 Å². The predicted octanol–water partition coefficient (Wildman–Crippen LogP) is 1.67. The standard InChI is InChI=1S/C22H30N8O3/c1-6-30-20(16-7-23-15(4)24-8-16)28-18-19(25-12-26-21(18)30)27-17(11-32-5)22(31)29-9-13(2)33-14(3)10-29/h7-8,12-14,17H,6,9-11H2,1-5H3,(H,25,26,27)/t13?,14?,17-/m1/s1. The Morgan fingerprint density at radius 2 is 1.91 bits per heavy atom. The molecule has 0 aromatic carbocycles. The van der Waals surface area contributed by atoms with Gasteiger partial charge in [0.25, 0.3) is 0 Å². The molecule has 4 heterocycles. The number of methoxy groups -OCH3 is 1. The molecule has 0 radical (unpaired) electrons. The van der Waals surface area contributed by atoms with Crippen molar-refractivity contribution in [2.45, 2.75) is 52.5 Å². The van der Waals surface area contributed by atoms with Crippen molar-refractivity contribution in [1.82, 2.24) is 34.4 Å². The molecule has 0 bridgehead atoms. The third-order valence-electron chi connectivity index (χ3n) is 5.56. The summed E-state index contributed by atoms with van der Waals surface area (Å²) in [6.45, 7) is 9.71. The second-order valence-electron chi connectivity index (χ2n) is 8.25. The molecule has 176 valence electrons. The first kappa shape index (κ1) is 23.0. The Labute approximate surface area is 192 Å². The Hall–Kier alpha value is -3.18. The fourth-order valence-corrected chi connectivity index (χ4v) is 4.15. The number of ether oxygens (including phenoxy) is 2. The molecule has 4 rings (SSSR count). The van der Waals surface area contributed by atoms with E-state index in [1.807, 2.05) is 37.2 Å². The molecule has 11 heteroatoms. The van der Waals surface area contributed by atoms with Gasteiger partial charge in [-0.2, -0.15) is 0 Å². The van der Waals surface area contributed by atoms with Crippen LogP contribution in [0.25, 0.3) is 22.6 Å². The van der Waals surface area contributed by atoms with Crippen molar-refractivity contribution in [3.05, 3.63) is 24.5 Å². The van der Waals surface area contributed by atoms with Crippen molar-refractivity contribution in [2.24, 2.45) is 0 Å². The molecular formula is C22H30N8O3. The van der Waals surface area contributed by atoms with Crippen LogP contribution in [0.5, 0.6) is 0 Å². The minimum atomic E-state index is -0.622. The second-order valence-corrected chi connectivity index (χ2v) is 8.25. The van der Waals surface area contributed by atoms with Gasteiger partial charge in [0, 0.05) is 39.1 Å². The van der Waals surface area contributed by atoms with Gasteiger partial charge in [0.1, 0.15) is 24.0 Å². The summed E-state index contributed by atoms with van der Waals surface area (Å²) in [5.74, 6) is 1.80. The van der Waals surface area contributed by atoms with Crippen molar-refractivity contribution in [2.75, 3.05) is 32.1 Å². The van der Waals surface area contributed by atoms with Crippen LogP contribution in [0, 0.1) is 6.92 Å². The van der Waals surface area contributed by atoms with Gasteiger partial charge in [-0.05, 0) is 27.7 Å². The minimum absolute atomic E-state index is 0.0220. The number of rotatable bonds is 7. The first-order valence-corrected chi connectivity index (χ1v) is 11.1. The predicted molar refractivity (Wildman–Crippen MR) is 123 cm³/mol. The van der Waals surface area contributed by atoms with Crippen molar-refractivity contribution < 1.29 is 14.3 Å². The molecule has 1 amide bonds. The Bertz CT molecular complexity index is 1110. The third kappa shape index (κ3) is 4.79. The maximum absolute atomic E-state index is 13.3. The van der Waals surface area contributed by atoms with E-state index in [2.05, 4.69) is 25.3 Å². The van der Waals surface area contributed by atoms with Gasteiger partial charge in [-0.3, -0.25) is 4.79 Å². The van der Waals surface area contributed by atoms with Crippen LogP contribution in [-0.4, -0.2) is 85.4 Å². The van der Waals surface area contributed by atoms with Gasteiger partial charge in [0.15, 0.2) is 17.0 Å². The zero-order valence-corrected chi connectivity index (χ0v) is 19.6. The van der Waals surface area contributed by atoms with Gasteiger partial charge in [0.2, 0.25) is 5.91 Å². The van der Waals surface area contributed by atoms with Crippen LogP contribution in [0.15, 0.2) is 18.7 Å². The molecular weight excluding hydrogens is 424 g/mol. The summed E-state index contributed by atoms with van der Waals surface area (Å²) in [7, 11) is 1.57. The number of aromatic nitrogens is 6. The molecule has 1 aliphatic rings. The molecule has 3 aromatic rings. The summed E-state index contributed by atoms with van der Waals surface area (Å²) in [4.78, 5) is 37.4. The number of anilines is 1. The molecule has 1 N–H and O–H groups in total. The molecule has 2 unspecified atom stereocenters. The van der Waals surface area contributed by atoms with Crippen molar-refractivity contribution >= 4 is 22.9 Å². The van der Waals surface area contributed by atoms with Crippen molar-refractivity contribution in [1.29, 1.82) is 0 Å². The van der Waals surface area contributed by atoms with Crippen LogP contribution in [-0.2, 0) is 20.8 Å². The van der Waals surface area contributed by atoms with E-state index in [9.17, 15) is 4.79 Å². The highest BCUT2D eigenvalue weighted by Gasteiger charge is 2.31. The zero-order valence-electron chi connectivity index (χ0n) is 19.6. The van der Waals surface area contributed by atoms with E-state index < -0.39 is 6.04 Å². The highest BCUT2D eigenvalue weighted by molar-refractivity contribution is 5.90. The van der Waals surface area contributed by atoms with E-state index in [1.54, 1.807) is 19.5 Å². The summed E-state index contributed by atoms with van der Waals surface area (Å²) in [6.07, 6.45) is 4.92. The number of carbonyl (C=O) groups is 1. The molecule has 0 spiro atoms. The van der Waals surface area contributed by atoms with E-state index in [4.69, 9.17) is 14.5 Å². The topological polar surface area (TPSA) is 120 Å². The highest BCUT2D eigenvalue weighted by Crippen LogP contribution is 2.27. The molecule has 0 aliphatic carbocycles. The van der Waals surface area contributed by atoms with Gasteiger partial charge in [-0.1, -0.05) is 0 Å². The van der Waals surface area contributed by atoms with Crippen LogP contribution < -0.4 is 5.32 Å². The van der Waals surface area contributed by atoms with Crippen LogP contribution in [0.2, 0.25) is 0 Å². The lowest BCUT2D eigenvalue weighted by Crippen LogP contribution is -2.53. The number of nitrogens with zero attached hydrogens (tertiary/aromatic N) is 7. The monoisotopic (exact) mass is 454 g/mol. The third-order valence-corrected chi connectivity index (χ3v) is 5.56. The molecule has 1 fully saturated rings. The second kappa shape index (κ2) is 9.75. The Kier molecular flexibility index (Phi) is 6.80. The van der Waals surface area contributed by atoms with Gasteiger partial charge >= 0.3 is 0 Å². The van der Waals surface area contributed by atoms with E-state index >= 15 is 0 Å². The summed E-state index contributed by atoms with van der Waals surface area (Å²) in [5.41, 5.74) is 2.03. The number of fused-ring (bicyclic) bond motifs is 1. The number of nitrogens with one attached hydrogen (secondary N) is 1. The number of aryl methyl sites for hydroxylation is 2. The van der Waals surface area contributed by atoms with Crippen LogP contribution >= 0.6 is 0 Å². The first-order valence-electron chi connectivity index (χ1n) is 11.1. The minimum Gasteiger partial charge on any atom is -0.382 e. The molecule has 0 saturated carbocycles. The summed E-state index contributed by atoms with van der Waals surface area (Å²) in [5, 5.41) is 3.26. The Morgan fingerprint density at radius 1 is 1.21 bits per heavy atom. The average molecular weight is 455 g/mol. The first-order chi connectivity index (χ1) is 15.9. The van der Waals surface area contributed by atoms with Crippen LogP contribution in [0.3, 0.4) is 0 Å². The Balaban J connectivity index is 1.68. The number of amides is 1. The number of morpholine rings is 1. The van der Waals surface area contributed by atoms with Gasteiger partial charge in [-0.25, -0.2) is 24.9 Å². The average Bonchev–Trinajstić information content (AvgIpc) is 3.17. The largest absolute Gasteiger partial charge is 0.382 e. The maximum Gasteiger partial charge on any atom is 0.247 e. The molecule has 1 aliphatic heterocycles. The Morgan fingerprint density at radius 3 is 2.55 bits per heavy atom. The zero-order chi connectivity index (χ0) is 23.5. The fraction of sp³-hybridized carbons (Fsp3) is 0.545. The molecule has 1 saturated heterocycles. The van der Waals surface area contributed by atoms with Crippen molar-refractivity contribution in [3.63, 3.8) is 0 Å². The van der Waals surface area contributed by atoms with Gasteiger partial charge in [-0.15, -0.1) is 0 Å². The fourth-order valence-electron chi connectivity index (χ4n) is 4.15. The summed E-state index contributed by atoms with van der Waals surface area (Å²) < 4.78 is 13.1. The quantitative estimate of drug-likeness (QED) is 0.568. The molecule has 33 heavy (non-hydrogen) atoms.